The summed E-state index contributed by atoms with van der Waals surface area (Å²) in [4.78, 5) is 24.7. The molecule has 158 valence electrons. The molecule has 2 atom stereocenters. The topological polar surface area (TPSA) is 105 Å². The van der Waals surface area contributed by atoms with Crippen molar-refractivity contribution < 1.29 is 19.6 Å². The highest BCUT2D eigenvalue weighted by molar-refractivity contribution is 5.87. The van der Waals surface area contributed by atoms with Crippen molar-refractivity contribution in [3.8, 4) is 0 Å². The number of nitro benzene ring substituents is 1. The Bertz CT molecular complexity index is 759. The molecule has 2 aliphatic rings. The lowest BCUT2D eigenvalue weighted by molar-refractivity contribution is -0.384. The van der Waals surface area contributed by atoms with E-state index in [4.69, 9.17) is 0 Å². The van der Waals surface area contributed by atoms with Gasteiger partial charge in [-0.2, -0.15) is 0 Å². The second-order valence-corrected chi connectivity index (χ2v) is 7.76. The second-order valence-electron chi connectivity index (χ2n) is 7.76. The average molecular weight is 403 g/mol. The van der Waals surface area contributed by atoms with Gasteiger partial charge < -0.3 is 15.2 Å². The minimum absolute atomic E-state index is 0.0119. The van der Waals surface area contributed by atoms with Gasteiger partial charge >= 0.3 is 5.97 Å². The molecule has 0 aromatic heterocycles. The normalized spacial score (nSPS) is 23.8. The second kappa shape index (κ2) is 9.84. The number of nitrogens with one attached hydrogen (secondary N) is 1. The SMILES string of the molecule is COC(=O)/C=C/c1ccc(NC2CCN(C3CCCCC3O)CC2)c([N+](=O)[O-])c1. The molecule has 29 heavy (non-hydrogen) atoms. The van der Waals surface area contributed by atoms with E-state index in [2.05, 4.69) is 15.0 Å². The van der Waals surface area contributed by atoms with Gasteiger partial charge in [0.2, 0.25) is 0 Å². The number of nitro groups is 1. The van der Waals surface area contributed by atoms with Crippen molar-refractivity contribution in [2.75, 3.05) is 25.5 Å². The fourth-order valence-electron chi connectivity index (χ4n) is 4.27. The third-order valence-electron chi connectivity index (χ3n) is 5.88. The van der Waals surface area contributed by atoms with Crippen LogP contribution in [0.5, 0.6) is 0 Å². The number of methoxy groups -OCH3 is 1. The summed E-state index contributed by atoms with van der Waals surface area (Å²) in [6, 6.07) is 5.28. The van der Waals surface area contributed by atoms with Gasteiger partial charge in [0, 0.05) is 37.3 Å². The summed E-state index contributed by atoms with van der Waals surface area (Å²) in [5.41, 5.74) is 1.04. The van der Waals surface area contributed by atoms with E-state index in [0.29, 0.717) is 11.3 Å². The lowest BCUT2D eigenvalue weighted by atomic mass is 9.89. The van der Waals surface area contributed by atoms with Crippen molar-refractivity contribution in [3.05, 3.63) is 40.0 Å². The summed E-state index contributed by atoms with van der Waals surface area (Å²) >= 11 is 0. The van der Waals surface area contributed by atoms with Crippen LogP contribution in [0, 0.1) is 10.1 Å². The number of hydrogen-bond donors (Lipinski definition) is 2. The lowest BCUT2D eigenvalue weighted by Crippen LogP contribution is -2.50. The number of aliphatic hydroxyl groups excluding tert-OH is 1. The van der Waals surface area contributed by atoms with Crippen LogP contribution in [-0.4, -0.2) is 59.3 Å². The molecule has 1 heterocycles. The zero-order valence-corrected chi connectivity index (χ0v) is 16.8. The number of carbonyl (C=O) groups is 1. The number of esters is 1. The fraction of sp³-hybridized carbons (Fsp3) is 0.571. The lowest BCUT2D eigenvalue weighted by Gasteiger charge is -2.41. The van der Waals surface area contributed by atoms with Crippen molar-refractivity contribution in [1.29, 1.82) is 0 Å². The van der Waals surface area contributed by atoms with Crippen molar-refractivity contribution in [1.82, 2.24) is 4.90 Å². The van der Waals surface area contributed by atoms with Gasteiger partial charge in [0.15, 0.2) is 0 Å². The highest BCUT2D eigenvalue weighted by Gasteiger charge is 2.31. The molecule has 1 aromatic carbocycles. The first kappa shape index (κ1) is 21.3. The summed E-state index contributed by atoms with van der Waals surface area (Å²) in [6.07, 6.45) is 8.46. The number of likely N-dealkylation sites (tertiary alicyclic amines) is 1. The van der Waals surface area contributed by atoms with E-state index in [1.807, 2.05) is 0 Å². The van der Waals surface area contributed by atoms with Crippen LogP contribution in [0.15, 0.2) is 24.3 Å². The molecule has 2 N–H and O–H groups in total. The standard InChI is InChI=1S/C21H29N3O5/c1-29-21(26)9-7-15-6-8-17(19(14-15)24(27)28)22-16-10-12-23(13-11-16)18-4-2-3-5-20(18)25/h6-9,14,16,18,20,22,25H,2-5,10-13H2,1H3/b9-7+. The average Bonchev–Trinajstić information content (AvgIpc) is 2.73. The molecule has 0 radical (unpaired) electrons. The van der Waals surface area contributed by atoms with Gasteiger partial charge in [-0.15, -0.1) is 0 Å². The number of piperidine rings is 1. The Labute approximate surface area is 170 Å². The number of hydrogen-bond acceptors (Lipinski definition) is 7. The van der Waals surface area contributed by atoms with Crippen LogP contribution < -0.4 is 5.32 Å². The Morgan fingerprint density at radius 3 is 2.66 bits per heavy atom. The number of benzene rings is 1. The smallest absolute Gasteiger partial charge is 0.330 e. The van der Waals surface area contributed by atoms with Crippen LogP contribution in [0.4, 0.5) is 11.4 Å². The number of rotatable bonds is 6. The Morgan fingerprint density at radius 2 is 2.00 bits per heavy atom. The van der Waals surface area contributed by atoms with E-state index in [-0.39, 0.29) is 23.9 Å². The number of anilines is 1. The van der Waals surface area contributed by atoms with Gasteiger partial charge in [-0.3, -0.25) is 15.0 Å². The molecule has 2 unspecified atom stereocenters. The maximum absolute atomic E-state index is 11.5. The largest absolute Gasteiger partial charge is 0.466 e. The first-order chi connectivity index (χ1) is 14.0. The highest BCUT2D eigenvalue weighted by Crippen LogP contribution is 2.30. The van der Waals surface area contributed by atoms with Gasteiger partial charge in [0.25, 0.3) is 5.69 Å². The minimum Gasteiger partial charge on any atom is -0.466 e. The molecular weight excluding hydrogens is 374 g/mol. The molecule has 8 heteroatoms. The zero-order valence-electron chi connectivity index (χ0n) is 16.8. The van der Waals surface area contributed by atoms with E-state index < -0.39 is 10.9 Å². The number of ether oxygens (including phenoxy) is 1. The maximum Gasteiger partial charge on any atom is 0.330 e. The fourth-order valence-corrected chi connectivity index (χ4v) is 4.27. The summed E-state index contributed by atoms with van der Waals surface area (Å²) < 4.78 is 4.54. The zero-order chi connectivity index (χ0) is 20.8. The Balaban J connectivity index is 1.62. The third kappa shape index (κ3) is 5.55. The van der Waals surface area contributed by atoms with Crippen LogP contribution in [0.25, 0.3) is 6.08 Å². The molecular formula is C21H29N3O5. The van der Waals surface area contributed by atoms with E-state index in [1.54, 1.807) is 12.1 Å². The molecule has 3 rings (SSSR count). The highest BCUT2D eigenvalue weighted by atomic mass is 16.6. The molecule has 1 aliphatic heterocycles. The van der Waals surface area contributed by atoms with Crippen molar-refractivity contribution in [2.45, 2.75) is 56.7 Å². The van der Waals surface area contributed by atoms with Crippen LogP contribution in [-0.2, 0) is 9.53 Å². The number of carbonyl (C=O) groups excluding carboxylic acids is 1. The van der Waals surface area contributed by atoms with Gasteiger partial charge in [0.1, 0.15) is 5.69 Å². The number of aliphatic hydroxyl groups is 1. The number of nitrogens with zero attached hydrogens (tertiary/aromatic N) is 2. The Kier molecular flexibility index (Phi) is 7.22. The molecule has 1 saturated heterocycles. The summed E-state index contributed by atoms with van der Waals surface area (Å²) in [7, 11) is 1.28. The molecule has 1 saturated carbocycles. The molecule has 2 fully saturated rings. The molecule has 0 spiro atoms. The first-order valence-electron chi connectivity index (χ1n) is 10.2. The third-order valence-corrected chi connectivity index (χ3v) is 5.88. The van der Waals surface area contributed by atoms with Crippen LogP contribution in [0.1, 0.15) is 44.1 Å². The van der Waals surface area contributed by atoms with Crippen LogP contribution in [0.2, 0.25) is 0 Å². The van der Waals surface area contributed by atoms with E-state index in [0.717, 1.165) is 45.2 Å². The molecule has 0 amide bonds. The van der Waals surface area contributed by atoms with E-state index in [9.17, 15) is 20.0 Å². The van der Waals surface area contributed by atoms with Gasteiger partial charge in [0.05, 0.1) is 18.1 Å². The quantitative estimate of drug-likeness (QED) is 0.326. The molecule has 1 aromatic rings. The maximum atomic E-state index is 11.5. The van der Waals surface area contributed by atoms with Crippen molar-refractivity contribution in [2.24, 2.45) is 0 Å². The predicted molar refractivity (Wildman–Crippen MR) is 111 cm³/mol. The van der Waals surface area contributed by atoms with Crippen molar-refractivity contribution in [3.63, 3.8) is 0 Å². The Hall–Kier alpha value is -2.45. The predicted octanol–water partition coefficient (Wildman–Crippen LogP) is 2.96. The molecule has 1 aliphatic carbocycles. The van der Waals surface area contributed by atoms with Gasteiger partial charge in [-0.1, -0.05) is 18.9 Å². The molecule has 0 bridgehead atoms. The summed E-state index contributed by atoms with van der Waals surface area (Å²) in [5.74, 6) is -0.510. The van der Waals surface area contributed by atoms with Gasteiger partial charge in [-0.25, -0.2) is 4.79 Å². The monoisotopic (exact) mass is 403 g/mol. The van der Waals surface area contributed by atoms with Crippen LogP contribution >= 0.6 is 0 Å². The summed E-state index contributed by atoms with van der Waals surface area (Å²) in [5, 5.41) is 25.1. The van der Waals surface area contributed by atoms with E-state index >= 15 is 0 Å². The van der Waals surface area contributed by atoms with Crippen molar-refractivity contribution >= 4 is 23.4 Å². The van der Waals surface area contributed by atoms with Gasteiger partial charge in [-0.05, 0) is 43.4 Å². The Morgan fingerprint density at radius 1 is 1.28 bits per heavy atom. The first-order valence-corrected chi connectivity index (χ1v) is 10.2. The van der Waals surface area contributed by atoms with E-state index in [1.165, 1.54) is 31.7 Å². The van der Waals surface area contributed by atoms with Crippen LogP contribution in [0.3, 0.4) is 0 Å². The summed E-state index contributed by atoms with van der Waals surface area (Å²) in [6.45, 7) is 1.76. The minimum atomic E-state index is -0.510. The molecule has 8 nitrogen and oxygen atoms in total.